The monoisotopic (exact) mass is 374 g/mol. The van der Waals surface area contributed by atoms with Crippen LogP contribution in [-0.2, 0) is 19.6 Å². The van der Waals surface area contributed by atoms with Gasteiger partial charge in [0.15, 0.2) is 5.76 Å². The molecule has 0 bridgehead atoms. The average Bonchev–Trinajstić information content (AvgIpc) is 3.37. The first kappa shape index (κ1) is 18.1. The lowest BCUT2D eigenvalue weighted by atomic mass is 10.1. The minimum Gasteiger partial charge on any atom is -0.508 e. The normalized spacial score (nSPS) is 11.0. The van der Waals surface area contributed by atoms with Crippen LogP contribution < -0.4 is 0 Å². The number of aliphatic hydroxyl groups is 1. The van der Waals surface area contributed by atoms with Gasteiger partial charge in [-0.3, -0.25) is 0 Å². The van der Waals surface area contributed by atoms with Gasteiger partial charge >= 0.3 is 0 Å². The lowest BCUT2D eigenvalue weighted by Gasteiger charge is -2.09. The molecule has 142 valence electrons. The number of furan rings is 1. The van der Waals surface area contributed by atoms with E-state index in [1.165, 1.54) is 0 Å². The third-order valence-electron chi connectivity index (χ3n) is 4.77. The molecule has 2 heterocycles. The van der Waals surface area contributed by atoms with Gasteiger partial charge in [-0.2, -0.15) is 0 Å². The van der Waals surface area contributed by atoms with Crippen molar-refractivity contribution < 1.29 is 14.6 Å². The topological polar surface area (TPSA) is 71.4 Å². The lowest BCUT2D eigenvalue weighted by Crippen LogP contribution is -2.01. The largest absolute Gasteiger partial charge is 0.508 e. The highest BCUT2D eigenvalue weighted by Crippen LogP contribution is 2.33. The molecule has 0 aliphatic carbocycles. The van der Waals surface area contributed by atoms with Gasteiger partial charge in [0.1, 0.15) is 23.8 Å². The zero-order valence-corrected chi connectivity index (χ0v) is 15.5. The first-order valence-corrected chi connectivity index (χ1v) is 9.33. The van der Waals surface area contributed by atoms with Crippen LogP contribution in [0.4, 0.5) is 0 Å². The fraction of sp³-hybridized carbons (Fsp3) is 0.174. The third kappa shape index (κ3) is 3.70. The molecule has 4 rings (SSSR count). The molecule has 2 N–H and O–H groups in total. The Bertz CT molecular complexity index is 1050. The summed E-state index contributed by atoms with van der Waals surface area (Å²) in [6.07, 6.45) is 3.44. The number of aliphatic hydroxyl groups excluding tert-OH is 1. The van der Waals surface area contributed by atoms with E-state index in [1.54, 1.807) is 12.1 Å². The highest BCUT2D eigenvalue weighted by molar-refractivity contribution is 5.76. The van der Waals surface area contributed by atoms with E-state index in [4.69, 9.17) is 4.42 Å². The number of phenols is 1. The zero-order valence-electron chi connectivity index (χ0n) is 15.5. The summed E-state index contributed by atoms with van der Waals surface area (Å²) in [6.45, 7) is 0.598. The number of phenolic OH excluding ortho intramolecular Hbond substituents is 1. The summed E-state index contributed by atoms with van der Waals surface area (Å²) < 4.78 is 7.88. The van der Waals surface area contributed by atoms with Crippen molar-refractivity contribution in [2.75, 3.05) is 0 Å². The van der Waals surface area contributed by atoms with Crippen LogP contribution in [0.5, 0.6) is 5.75 Å². The molecule has 28 heavy (non-hydrogen) atoms. The van der Waals surface area contributed by atoms with Gasteiger partial charge in [-0.05, 0) is 36.6 Å². The van der Waals surface area contributed by atoms with Crippen LogP contribution in [0.3, 0.4) is 0 Å². The summed E-state index contributed by atoms with van der Waals surface area (Å²) in [7, 11) is 0. The number of aryl methyl sites for hydroxylation is 2. The Morgan fingerprint density at radius 2 is 1.71 bits per heavy atom. The van der Waals surface area contributed by atoms with Crippen molar-refractivity contribution in [1.29, 1.82) is 0 Å². The summed E-state index contributed by atoms with van der Waals surface area (Å²) in [4.78, 5) is 4.63. The number of nitrogens with zero attached hydrogens (tertiary/aromatic N) is 2. The third-order valence-corrected chi connectivity index (χ3v) is 4.77. The molecule has 4 aromatic rings. The molecular weight excluding hydrogens is 352 g/mol. The van der Waals surface area contributed by atoms with E-state index in [0.717, 1.165) is 41.9 Å². The van der Waals surface area contributed by atoms with Crippen molar-refractivity contribution in [1.82, 2.24) is 9.55 Å². The minimum atomic E-state index is -0.137. The van der Waals surface area contributed by atoms with Gasteiger partial charge in [0.2, 0.25) is 0 Å². The second-order valence-electron chi connectivity index (χ2n) is 6.66. The SMILES string of the molecule is OCc1ccc(-c2c(-c3ccccc3)ncn2CCCc2ccccc2O)o1. The average molecular weight is 374 g/mol. The molecule has 0 saturated heterocycles. The van der Waals surface area contributed by atoms with Crippen LogP contribution in [-0.4, -0.2) is 19.8 Å². The molecule has 0 unspecified atom stereocenters. The standard InChI is InChI=1S/C23H22N2O3/c26-15-19-12-13-21(28-19)23-22(18-8-2-1-3-9-18)24-16-25(23)14-6-10-17-7-4-5-11-20(17)27/h1-5,7-9,11-13,16,26-27H,6,10,14-15H2. The van der Waals surface area contributed by atoms with Crippen molar-refractivity contribution in [2.24, 2.45) is 0 Å². The number of aromatic hydroxyl groups is 1. The van der Waals surface area contributed by atoms with Crippen molar-refractivity contribution in [2.45, 2.75) is 26.0 Å². The second kappa shape index (κ2) is 8.15. The highest BCUT2D eigenvalue weighted by Gasteiger charge is 2.18. The molecule has 0 aliphatic heterocycles. The summed E-state index contributed by atoms with van der Waals surface area (Å²) in [5.41, 5.74) is 3.69. The fourth-order valence-electron chi connectivity index (χ4n) is 3.37. The number of rotatable bonds is 7. The maximum Gasteiger partial charge on any atom is 0.153 e. The van der Waals surface area contributed by atoms with E-state index in [1.807, 2.05) is 60.9 Å². The molecule has 0 aliphatic rings. The first-order chi connectivity index (χ1) is 13.8. The van der Waals surface area contributed by atoms with Crippen molar-refractivity contribution >= 4 is 0 Å². The molecule has 2 aromatic heterocycles. The van der Waals surface area contributed by atoms with Crippen molar-refractivity contribution in [3.05, 3.63) is 84.4 Å². The molecular formula is C23H22N2O3. The molecule has 0 amide bonds. The first-order valence-electron chi connectivity index (χ1n) is 9.33. The van der Waals surface area contributed by atoms with E-state index >= 15 is 0 Å². The Hall–Kier alpha value is -3.31. The number of benzene rings is 2. The van der Waals surface area contributed by atoms with E-state index in [0.29, 0.717) is 17.3 Å². The second-order valence-corrected chi connectivity index (χ2v) is 6.66. The maximum atomic E-state index is 9.97. The molecule has 0 saturated carbocycles. The fourth-order valence-corrected chi connectivity index (χ4v) is 3.37. The van der Waals surface area contributed by atoms with Crippen LogP contribution in [0.25, 0.3) is 22.7 Å². The Kier molecular flexibility index (Phi) is 5.26. The summed E-state index contributed by atoms with van der Waals surface area (Å²) in [6, 6.07) is 21.1. The zero-order chi connectivity index (χ0) is 19.3. The molecule has 0 atom stereocenters. The van der Waals surface area contributed by atoms with Gasteiger partial charge in [0, 0.05) is 12.1 Å². The van der Waals surface area contributed by atoms with Gasteiger partial charge < -0.3 is 19.2 Å². The van der Waals surface area contributed by atoms with E-state index < -0.39 is 0 Å². The smallest absolute Gasteiger partial charge is 0.153 e. The number of hydrogen-bond donors (Lipinski definition) is 2. The summed E-state index contributed by atoms with van der Waals surface area (Å²) in [5, 5.41) is 19.3. The number of aromatic nitrogens is 2. The molecule has 0 fully saturated rings. The number of para-hydroxylation sites is 1. The van der Waals surface area contributed by atoms with Crippen LogP contribution in [0.2, 0.25) is 0 Å². The Labute approximate surface area is 163 Å². The Balaban J connectivity index is 1.63. The van der Waals surface area contributed by atoms with E-state index in [2.05, 4.69) is 9.55 Å². The summed E-state index contributed by atoms with van der Waals surface area (Å²) >= 11 is 0. The predicted molar refractivity (Wildman–Crippen MR) is 108 cm³/mol. The Morgan fingerprint density at radius 1 is 0.929 bits per heavy atom. The summed E-state index contributed by atoms with van der Waals surface area (Å²) in [5.74, 6) is 1.54. The van der Waals surface area contributed by atoms with Crippen LogP contribution in [0, 0.1) is 0 Å². The quantitative estimate of drug-likeness (QED) is 0.494. The van der Waals surface area contributed by atoms with Gasteiger partial charge in [-0.25, -0.2) is 4.98 Å². The van der Waals surface area contributed by atoms with Crippen molar-refractivity contribution in [3.8, 4) is 28.5 Å². The molecule has 0 radical (unpaired) electrons. The van der Waals surface area contributed by atoms with Crippen LogP contribution >= 0.6 is 0 Å². The Morgan fingerprint density at radius 3 is 2.46 bits per heavy atom. The van der Waals surface area contributed by atoms with Gasteiger partial charge in [0.05, 0.1) is 12.0 Å². The van der Waals surface area contributed by atoms with Gasteiger partial charge in [0.25, 0.3) is 0 Å². The highest BCUT2D eigenvalue weighted by atomic mass is 16.4. The van der Waals surface area contributed by atoms with Gasteiger partial charge in [-0.1, -0.05) is 48.5 Å². The molecule has 5 nitrogen and oxygen atoms in total. The lowest BCUT2D eigenvalue weighted by molar-refractivity contribution is 0.248. The molecule has 5 heteroatoms. The van der Waals surface area contributed by atoms with Crippen molar-refractivity contribution in [3.63, 3.8) is 0 Å². The van der Waals surface area contributed by atoms with E-state index in [-0.39, 0.29) is 6.61 Å². The predicted octanol–water partition coefficient (Wildman–Crippen LogP) is 4.64. The minimum absolute atomic E-state index is 0.137. The van der Waals surface area contributed by atoms with Crippen LogP contribution in [0.1, 0.15) is 17.7 Å². The number of hydrogen-bond acceptors (Lipinski definition) is 4. The molecule has 0 spiro atoms. The van der Waals surface area contributed by atoms with Gasteiger partial charge in [-0.15, -0.1) is 0 Å². The maximum absolute atomic E-state index is 9.97. The number of imidazole rings is 1. The van der Waals surface area contributed by atoms with E-state index in [9.17, 15) is 10.2 Å². The van der Waals surface area contributed by atoms with Crippen LogP contribution in [0.15, 0.2) is 77.5 Å². The molecule has 2 aromatic carbocycles.